The molecule has 6 nitrogen and oxygen atoms in total. The molecular weight excluding hydrogens is 667 g/mol. The van der Waals surface area contributed by atoms with Gasteiger partial charge in [-0.3, -0.25) is 4.79 Å². The fraction of sp³-hybridized carbons (Fsp3) is 0.0909. The third-order valence-electron chi connectivity index (χ3n) is 4.32. The molecule has 3 rings (SSSR count). The monoisotopic (exact) mass is 678 g/mol. The van der Waals surface area contributed by atoms with Crippen LogP contribution in [0.25, 0.3) is 0 Å². The first-order valence-electron chi connectivity index (χ1n) is 9.15. The first-order valence-corrected chi connectivity index (χ1v) is 12.3. The average molecular weight is 682 g/mol. The Bertz CT molecular complexity index is 1240. The summed E-state index contributed by atoms with van der Waals surface area (Å²) in [6, 6.07) is 11.7. The second-order valence-corrected chi connectivity index (χ2v) is 10.00. The maximum absolute atomic E-state index is 12.4. The van der Waals surface area contributed by atoms with Gasteiger partial charge in [-0.25, -0.2) is 5.43 Å². The molecule has 3 aromatic carbocycles. The number of ether oxygens (including phenoxy) is 2. The van der Waals surface area contributed by atoms with E-state index in [1.54, 1.807) is 36.4 Å². The Morgan fingerprint density at radius 1 is 1.09 bits per heavy atom. The highest BCUT2D eigenvalue weighted by Gasteiger charge is 2.15. The number of hydrazone groups is 1. The van der Waals surface area contributed by atoms with Crippen molar-refractivity contribution >= 4 is 83.1 Å². The third kappa shape index (κ3) is 6.64. The Hall–Kier alpha value is -1.78. The summed E-state index contributed by atoms with van der Waals surface area (Å²) in [4.78, 5) is 12.4. The predicted molar refractivity (Wildman–Crippen MR) is 140 cm³/mol. The van der Waals surface area contributed by atoms with Gasteiger partial charge in [-0.05, 0) is 68.3 Å². The van der Waals surface area contributed by atoms with E-state index in [9.17, 15) is 9.90 Å². The molecule has 0 radical (unpaired) electrons. The van der Waals surface area contributed by atoms with Crippen LogP contribution in [-0.2, 0) is 6.61 Å². The fourth-order valence-corrected chi connectivity index (χ4v) is 4.79. The quantitative estimate of drug-likeness (QED) is 0.202. The number of phenolic OH excluding ortho intramolecular Hbond substituents is 1. The third-order valence-corrected chi connectivity index (χ3v) is 6.66. The predicted octanol–water partition coefficient (Wildman–Crippen LogP) is 7.34. The summed E-state index contributed by atoms with van der Waals surface area (Å²) in [7, 11) is 1.52. The van der Waals surface area contributed by atoms with E-state index in [1.165, 1.54) is 19.4 Å². The van der Waals surface area contributed by atoms with Gasteiger partial charge in [0, 0.05) is 30.1 Å². The molecule has 11 heteroatoms. The topological polar surface area (TPSA) is 80.2 Å². The molecule has 33 heavy (non-hydrogen) atoms. The van der Waals surface area contributed by atoms with Crippen LogP contribution >= 0.6 is 71.0 Å². The van der Waals surface area contributed by atoms with Crippen LogP contribution in [0.4, 0.5) is 0 Å². The summed E-state index contributed by atoms with van der Waals surface area (Å²) in [5.41, 5.74) is 3.86. The molecular formula is C22H15Br3Cl2N2O4. The molecule has 1 amide bonds. The van der Waals surface area contributed by atoms with E-state index in [2.05, 4.69) is 58.3 Å². The number of nitrogens with one attached hydrogen (secondary N) is 1. The first kappa shape index (κ1) is 25.8. The van der Waals surface area contributed by atoms with Crippen molar-refractivity contribution < 1.29 is 19.4 Å². The minimum atomic E-state index is -0.575. The van der Waals surface area contributed by atoms with Gasteiger partial charge >= 0.3 is 0 Å². The number of rotatable bonds is 7. The number of carbonyl (C=O) groups excluding carboxylic acids is 1. The van der Waals surface area contributed by atoms with E-state index < -0.39 is 5.91 Å². The fourth-order valence-electron chi connectivity index (χ4n) is 2.68. The van der Waals surface area contributed by atoms with Gasteiger partial charge in [0.25, 0.3) is 5.91 Å². The number of nitrogens with zero attached hydrogens (tertiary/aromatic N) is 1. The Morgan fingerprint density at radius 3 is 2.55 bits per heavy atom. The second kappa shape index (κ2) is 11.6. The number of phenols is 1. The second-order valence-electron chi connectivity index (χ2n) is 6.53. The van der Waals surface area contributed by atoms with E-state index in [1.807, 2.05) is 0 Å². The minimum absolute atomic E-state index is 0.0645. The Labute approximate surface area is 225 Å². The molecule has 0 aliphatic heterocycles. The van der Waals surface area contributed by atoms with Crippen LogP contribution in [0.2, 0.25) is 10.0 Å². The molecule has 0 atom stereocenters. The van der Waals surface area contributed by atoms with Crippen LogP contribution in [0, 0.1) is 0 Å². The summed E-state index contributed by atoms with van der Waals surface area (Å²) in [6.45, 7) is 0.216. The van der Waals surface area contributed by atoms with Crippen LogP contribution in [-0.4, -0.2) is 24.3 Å². The highest BCUT2D eigenvalue weighted by atomic mass is 79.9. The van der Waals surface area contributed by atoms with Gasteiger partial charge in [0.2, 0.25) is 0 Å². The maximum Gasteiger partial charge on any atom is 0.275 e. The number of carbonyl (C=O) groups is 1. The summed E-state index contributed by atoms with van der Waals surface area (Å²) in [6.07, 6.45) is 1.44. The lowest BCUT2D eigenvalue weighted by atomic mass is 10.2. The summed E-state index contributed by atoms with van der Waals surface area (Å²) >= 11 is 22.1. The van der Waals surface area contributed by atoms with Crippen molar-refractivity contribution in [3.63, 3.8) is 0 Å². The molecule has 0 bridgehead atoms. The molecule has 0 aliphatic carbocycles. The van der Waals surface area contributed by atoms with Gasteiger partial charge in [-0.15, -0.1) is 0 Å². The van der Waals surface area contributed by atoms with Crippen molar-refractivity contribution in [2.75, 3.05) is 7.11 Å². The normalized spacial score (nSPS) is 11.0. The highest BCUT2D eigenvalue weighted by molar-refractivity contribution is 9.11. The van der Waals surface area contributed by atoms with Crippen LogP contribution in [0.1, 0.15) is 21.5 Å². The number of benzene rings is 3. The zero-order valence-electron chi connectivity index (χ0n) is 16.8. The number of aromatic hydroxyl groups is 1. The Kier molecular flexibility index (Phi) is 9.06. The van der Waals surface area contributed by atoms with Crippen LogP contribution in [0.5, 0.6) is 17.2 Å². The van der Waals surface area contributed by atoms with E-state index >= 15 is 0 Å². The number of methoxy groups -OCH3 is 1. The van der Waals surface area contributed by atoms with Gasteiger partial charge < -0.3 is 14.6 Å². The summed E-state index contributed by atoms with van der Waals surface area (Å²) in [5, 5.41) is 15.1. The lowest BCUT2D eigenvalue weighted by Gasteiger charge is -2.13. The number of hydrogen-bond acceptors (Lipinski definition) is 5. The van der Waals surface area contributed by atoms with E-state index in [0.717, 1.165) is 5.56 Å². The van der Waals surface area contributed by atoms with Crippen molar-refractivity contribution in [3.05, 3.63) is 82.6 Å². The molecule has 0 unspecified atom stereocenters. The Balaban J connectivity index is 1.74. The molecule has 0 aromatic heterocycles. The van der Waals surface area contributed by atoms with E-state index in [4.69, 9.17) is 32.7 Å². The zero-order valence-corrected chi connectivity index (χ0v) is 23.1. The molecule has 172 valence electrons. The molecule has 0 saturated carbocycles. The highest BCUT2D eigenvalue weighted by Crippen LogP contribution is 2.34. The number of halogens is 5. The van der Waals surface area contributed by atoms with Crippen molar-refractivity contribution in [2.24, 2.45) is 5.10 Å². The molecule has 2 N–H and O–H groups in total. The Morgan fingerprint density at radius 2 is 1.85 bits per heavy atom. The van der Waals surface area contributed by atoms with Crippen molar-refractivity contribution in [1.29, 1.82) is 0 Å². The SMILES string of the molecule is COc1cc(/C=N/NC(=O)c2cc(Br)cc(Br)c2O)c(Br)cc1OCc1ccc(Cl)cc1Cl. The lowest BCUT2D eigenvalue weighted by molar-refractivity contribution is 0.0952. The van der Waals surface area contributed by atoms with Crippen molar-refractivity contribution in [2.45, 2.75) is 6.61 Å². The van der Waals surface area contributed by atoms with Crippen LogP contribution < -0.4 is 14.9 Å². The van der Waals surface area contributed by atoms with E-state index in [-0.39, 0.29) is 17.9 Å². The van der Waals surface area contributed by atoms with Gasteiger partial charge in [-0.1, -0.05) is 45.2 Å². The van der Waals surface area contributed by atoms with Crippen LogP contribution in [0.3, 0.4) is 0 Å². The molecule has 0 aliphatic rings. The number of amides is 1. The first-order chi connectivity index (χ1) is 15.7. The van der Waals surface area contributed by atoms with Gasteiger partial charge in [0.05, 0.1) is 23.4 Å². The van der Waals surface area contributed by atoms with Crippen molar-refractivity contribution in [3.8, 4) is 17.2 Å². The largest absolute Gasteiger partial charge is 0.506 e. The average Bonchev–Trinajstić information content (AvgIpc) is 2.76. The maximum atomic E-state index is 12.4. The smallest absolute Gasteiger partial charge is 0.275 e. The van der Waals surface area contributed by atoms with Gasteiger partial charge in [-0.2, -0.15) is 5.10 Å². The molecule has 3 aromatic rings. The standard InChI is InChI=1S/C22H15Br3Cl2N2O4/c1-32-19-4-12(9-28-29-22(31)15-5-13(23)6-17(25)21(15)30)16(24)8-20(19)33-10-11-2-3-14(26)7-18(11)27/h2-9,30H,10H2,1H3,(H,29,31)/b28-9+. The molecule has 0 fully saturated rings. The molecule has 0 heterocycles. The zero-order chi connectivity index (χ0) is 24.1. The van der Waals surface area contributed by atoms with Gasteiger partial charge in [0.15, 0.2) is 11.5 Å². The summed E-state index contributed by atoms with van der Waals surface area (Å²) < 4.78 is 13.0. The molecule has 0 saturated heterocycles. The molecule has 0 spiro atoms. The summed E-state index contributed by atoms with van der Waals surface area (Å²) in [5.74, 6) is 0.190. The van der Waals surface area contributed by atoms with E-state index in [0.29, 0.717) is 40.5 Å². The van der Waals surface area contributed by atoms with Crippen LogP contribution in [0.15, 0.2) is 61.0 Å². The lowest BCUT2D eigenvalue weighted by Crippen LogP contribution is -2.18. The van der Waals surface area contributed by atoms with Gasteiger partial charge in [0.1, 0.15) is 12.4 Å². The minimum Gasteiger partial charge on any atom is -0.506 e. The van der Waals surface area contributed by atoms with Crippen molar-refractivity contribution in [1.82, 2.24) is 5.43 Å². The number of hydrogen-bond donors (Lipinski definition) is 2.